The molecule has 4 aromatic heterocycles. The van der Waals surface area contributed by atoms with Gasteiger partial charge in [-0.25, -0.2) is 19.9 Å². The van der Waals surface area contributed by atoms with Crippen LogP contribution in [0.4, 0.5) is 0 Å². The molecular weight excluding hydrogens is 1670 g/mol. The molecule has 0 N–H and O–H groups in total. The predicted molar refractivity (Wildman–Crippen MR) is 582 cm³/mol. The van der Waals surface area contributed by atoms with Crippen LogP contribution in [-0.4, -0.2) is 19.9 Å². The lowest BCUT2D eigenvalue weighted by Crippen LogP contribution is -1.94. The van der Waals surface area contributed by atoms with Gasteiger partial charge in [-0.05, 0) is 280 Å². The normalized spacial score (nSPS) is 12.1. The van der Waals surface area contributed by atoms with E-state index in [1.807, 2.05) is 24.3 Å². The van der Waals surface area contributed by atoms with Crippen LogP contribution in [0.1, 0.15) is 0 Å². The highest BCUT2D eigenvalue weighted by atomic mass is 16.4. The molecule has 0 bridgehead atoms. The first-order valence-electron chi connectivity index (χ1n) is 47.3. The largest absolute Gasteiger partial charge is 0.436 e. The molecule has 0 saturated heterocycles. The second kappa shape index (κ2) is 30.6. The van der Waals surface area contributed by atoms with E-state index in [0.717, 1.165) is 160 Å². The second-order valence-electron chi connectivity index (χ2n) is 36.7. The van der Waals surface area contributed by atoms with E-state index in [2.05, 4.69) is 437 Å². The van der Waals surface area contributed by atoms with Gasteiger partial charge in [0.2, 0.25) is 11.8 Å². The zero-order chi connectivity index (χ0) is 90.3. The summed E-state index contributed by atoms with van der Waals surface area (Å²) in [5, 5.41) is 41.3. The fourth-order valence-corrected chi connectivity index (χ4v) is 22.9. The molecule has 0 atom stereocenters. The monoisotopic (exact) mass is 1750 g/mol. The molecule has 0 spiro atoms. The minimum absolute atomic E-state index is 0.608. The number of aromatic nitrogens is 4. The first kappa shape index (κ1) is 77.3. The molecule has 0 amide bonds. The highest BCUT2D eigenvalue weighted by molar-refractivity contribution is 6.32. The Morgan fingerprint density at radius 3 is 0.703 bits per heavy atom. The van der Waals surface area contributed by atoms with Crippen LogP contribution in [0.25, 0.3) is 306 Å². The highest BCUT2D eigenvalue weighted by Gasteiger charge is 2.25. The van der Waals surface area contributed by atoms with Crippen molar-refractivity contribution in [3.05, 3.63) is 461 Å². The molecule has 0 fully saturated rings. The summed E-state index contributed by atoms with van der Waals surface area (Å²) in [5.41, 5.74) is 20.3. The van der Waals surface area contributed by atoms with Gasteiger partial charge in [-0.3, -0.25) is 0 Å². The smallest absolute Gasteiger partial charge is 0.227 e. The third kappa shape index (κ3) is 12.0. The van der Waals surface area contributed by atoms with Gasteiger partial charge in [-0.15, -0.1) is 0 Å². The Kier molecular flexibility index (Phi) is 17.1. The number of oxazole rings is 2. The van der Waals surface area contributed by atoms with Crippen LogP contribution in [0.3, 0.4) is 0 Å². The third-order valence-electron chi connectivity index (χ3n) is 29.3. The van der Waals surface area contributed by atoms with Gasteiger partial charge in [0.05, 0.1) is 22.4 Å². The summed E-state index contributed by atoms with van der Waals surface area (Å²) in [6.07, 6.45) is 0. The van der Waals surface area contributed by atoms with E-state index in [-0.39, 0.29) is 0 Å². The molecule has 30 rings (SSSR count). The Bertz CT molecular complexity index is 10300. The molecule has 0 aliphatic heterocycles. The Labute approximate surface area is 790 Å². The van der Waals surface area contributed by atoms with Crippen LogP contribution in [0.2, 0.25) is 0 Å². The van der Waals surface area contributed by atoms with Crippen molar-refractivity contribution in [1.29, 1.82) is 0 Å². The number of hydrogen-bond donors (Lipinski definition) is 0. The fourth-order valence-electron chi connectivity index (χ4n) is 22.9. The van der Waals surface area contributed by atoms with Crippen molar-refractivity contribution in [2.24, 2.45) is 0 Å². The van der Waals surface area contributed by atoms with Gasteiger partial charge in [0.15, 0.2) is 11.2 Å². The van der Waals surface area contributed by atoms with Crippen molar-refractivity contribution in [3.8, 4) is 89.9 Å². The van der Waals surface area contributed by atoms with Gasteiger partial charge in [0, 0.05) is 54.6 Å². The first-order valence-corrected chi connectivity index (χ1v) is 47.3. The van der Waals surface area contributed by atoms with E-state index in [4.69, 9.17) is 28.8 Å². The number of rotatable bonds is 8. The molecule has 636 valence electrons. The summed E-state index contributed by atoms with van der Waals surface area (Å²) < 4.78 is 12.9. The maximum absolute atomic E-state index is 6.69. The molecule has 0 saturated carbocycles. The number of hydrogen-bond acceptors (Lipinski definition) is 6. The van der Waals surface area contributed by atoms with Gasteiger partial charge in [-0.1, -0.05) is 376 Å². The van der Waals surface area contributed by atoms with Crippen molar-refractivity contribution in [2.75, 3.05) is 0 Å². The minimum Gasteiger partial charge on any atom is -0.436 e. The maximum Gasteiger partial charge on any atom is 0.227 e. The molecule has 6 heteroatoms. The Morgan fingerprint density at radius 1 is 0.130 bits per heavy atom. The van der Waals surface area contributed by atoms with Crippen molar-refractivity contribution in [2.45, 2.75) is 0 Å². The summed E-state index contributed by atoms with van der Waals surface area (Å²) in [4.78, 5) is 21.3. The molecule has 30 aromatic rings. The summed E-state index contributed by atoms with van der Waals surface area (Å²) in [6, 6.07) is 167. The van der Waals surface area contributed by atoms with Crippen molar-refractivity contribution in [1.82, 2.24) is 19.9 Å². The molecule has 138 heavy (non-hydrogen) atoms. The minimum atomic E-state index is 0.608. The molecule has 6 nitrogen and oxygen atoms in total. The zero-order valence-electron chi connectivity index (χ0n) is 74.5. The number of nitrogens with zero attached hydrogens (tertiary/aromatic N) is 4. The quantitative estimate of drug-likeness (QED) is 0.141. The molecule has 0 radical (unpaired) electrons. The van der Waals surface area contributed by atoms with Crippen LogP contribution in [0.5, 0.6) is 0 Å². The Hall–Kier alpha value is -18.4. The van der Waals surface area contributed by atoms with Gasteiger partial charge in [0.1, 0.15) is 11.0 Å². The van der Waals surface area contributed by atoms with Gasteiger partial charge in [-0.2, -0.15) is 0 Å². The van der Waals surface area contributed by atoms with Crippen molar-refractivity contribution >= 4 is 216 Å². The zero-order valence-corrected chi connectivity index (χ0v) is 74.5. The van der Waals surface area contributed by atoms with Crippen LogP contribution >= 0.6 is 0 Å². The molecular formula is C132H76N4O2. The Morgan fingerprint density at radius 2 is 0.362 bits per heavy atom. The summed E-state index contributed by atoms with van der Waals surface area (Å²) in [5.74, 6) is 1.23. The van der Waals surface area contributed by atoms with E-state index in [1.54, 1.807) is 0 Å². The number of fused-ring (bicyclic) bond motifs is 37. The average Bonchev–Trinajstić information content (AvgIpc) is 0.838. The van der Waals surface area contributed by atoms with Crippen LogP contribution < -0.4 is 0 Å². The lowest BCUT2D eigenvalue weighted by Gasteiger charge is -2.17. The lowest BCUT2D eigenvalue weighted by atomic mass is 9.88. The standard InChI is InChI=1S/C70H40N2O.C62H36N2O/c1-3-19-49-45(15-1)47-17-5-7-23-53(47)63-37-43(33-35-56(49)63)62-40-66(44-34-36-57-50-20-4-2-16-46(50)48-18-6-8-24-54(48)64(57)38-44)71-67-58-26-12-10-25-55(58)61(39-65(62)67)41-29-31-42(32-30-41)70-72-68-59-27-13-9-21-51(59)52-22-11-14-28-60(52)69(68)73-70;1-3-17-45-41(13-1)43-15-5-7-19-47(43)55-33-39(29-31-50(45)55)54-36-59(40-30-32-51-46-18-4-2-14-42(46)44-16-6-8-20-48(44)56(51)34-40)63-61-52-22-10-9-21-49(52)53(35-57(54)61)37-25-27-38(28-26-37)62-64-58-23-11-12-24-60(58)65-62/h1-40H;1-36H. The first-order chi connectivity index (χ1) is 68.4. The lowest BCUT2D eigenvalue weighted by molar-refractivity contribution is 0.620. The topological polar surface area (TPSA) is 77.8 Å². The number of para-hydroxylation sites is 2. The van der Waals surface area contributed by atoms with E-state index in [0.29, 0.717) is 11.8 Å². The molecule has 4 heterocycles. The molecule has 0 aliphatic carbocycles. The van der Waals surface area contributed by atoms with Gasteiger partial charge in [0.25, 0.3) is 0 Å². The summed E-state index contributed by atoms with van der Waals surface area (Å²) >= 11 is 0. The van der Waals surface area contributed by atoms with E-state index in [1.165, 1.54) is 135 Å². The average molecular weight is 1750 g/mol. The van der Waals surface area contributed by atoms with E-state index < -0.39 is 0 Å². The third-order valence-corrected chi connectivity index (χ3v) is 29.3. The summed E-state index contributed by atoms with van der Waals surface area (Å²) in [6.45, 7) is 0. The Balaban J connectivity index is 0.000000134. The van der Waals surface area contributed by atoms with Crippen LogP contribution in [0.15, 0.2) is 470 Å². The van der Waals surface area contributed by atoms with Crippen LogP contribution in [-0.2, 0) is 0 Å². The van der Waals surface area contributed by atoms with Crippen molar-refractivity contribution in [3.63, 3.8) is 0 Å². The highest BCUT2D eigenvalue weighted by Crippen LogP contribution is 2.50. The van der Waals surface area contributed by atoms with E-state index in [9.17, 15) is 0 Å². The molecule has 0 unspecified atom stereocenters. The van der Waals surface area contributed by atoms with Gasteiger partial charge >= 0.3 is 0 Å². The summed E-state index contributed by atoms with van der Waals surface area (Å²) in [7, 11) is 0. The predicted octanol–water partition coefficient (Wildman–Crippen LogP) is 36.5. The van der Waals surface area contributed by atoms with E-state index >= 15 is 0 Å². The fraction of sp³-hybridized carbons (Fsp3) is 0. The van der Waals surface area contributed by atoms with Crippen LogP contribution in [0, 0.1) is 0 Å². The second-order valence-corrected chi connectivity index (χ2v) is 36.7. The molecule has 0 aliphatic rings. The number of pyridine rings is 2. The maximum atomic E-state index is 6.69. The molecule has 26 aromatic carbocycles. The number of benzene rings is 26. The van der Waals surface area contributed by atoms with Crippen molar-refractivity contribution < 1.29 is 8.83 Å². The van der Waals surface area contributed by atoms with Gasteiger partial charge < -0.3 is 8.83 Å². The SMILES string of the molecule is c1ccc2c(c1)c(-c1ccc(-c3nc4c5ccccc5c5ccccc5c4o3)cc1)cc1c(-c3ccc4c5ccccc5c5ccccc5c4c3)cc(-c3ccc4c5ccccc5c5ccccc5c4c3)nc12.c1ccc2oc(-c3ccc(-c4cc5c(-c6ccc7c8ccccc8c8ccccc8c7c6)cc(-c6ccc7c8ccccc8c8ccccc8c7c6)nc5c5ccccc45)cc3)nc2c1.